The van der Waals surface area contributed by atoms with E-state index in [4.69, 9.17) is 8.85 Å². The molecule has 15 heavy (non-hydrogen) atoms. The Kier molecular flexibility index (Phi) is 9.05. The van der Waals surface area contributed by atoms with Crippen molar-refractivity contribution in [2.24, 2.45) is 0 Å². The fraction of sp³-hybridized carbons (Fsp3) is 0.833. The minimum Gasteiger partial charge on any atom is -0.397 e. The molecule has 3 heteroatoms. The molecule has 0 fully saturated rings. The zero-order chi connectivity index (χ0) is 11.7. The summed E-state index contributed by atoms with van der Waals surface area (Å²) in [7, 11) is -1.48. The summed E-state index contributed by atoms with van der Waals surface area (Å²) in [5.41, 5.74) is 1.83. The molecule has 0 rings (SSSR count). The van der Waals surface area contributed by atoms with Crippen LogP contribution < -0.4 is 0 Å². The van der Waals surface area contributed by atoms with Crippen LogP contribution in [0.25, 0.3) is 0 Å². The third-order valence-corrected chi connectivity index (χ3v) is 4.98. The van der Waals surface area contributed by atoms with E-state index in [9.17, 15) is 0 Å². The second kappa shape index (κ2) is 9.13. The van der Waals surface area contributed by atoms with Crippen LogP contribution in [-0.2, 0) is 8.85 Å². The standard InChI is InChI=1S/C12H26O2Si/c1-6-9-12(10-11(4)5)15(13-7-2)14-8-3/h12,15H,4,6-10H2,1-3,5H3. The lowest BCUT2D eigenvalue weighted by Crippen LogP contribution is -2.29. The normalized spacial score (nSPS) is 13.1. The lowest BCUT2D eigenvalue weighted by atomic mass is 10.1. The Morgan fingerprint density at radius 3 is 2.07 bits per heavy atom. The Bertz CT molecular complexity index is 165. The van der Waals surface area contributed by atoms with E-state index in [1.54, 1.807) is 0 Å². The maximum Gasteiger partial charge on any atom is 0.324 e. The van der Waals surface area contributed by atoms with E-state index < -0.39 is 9.28 Å². The molecule has 0 spiro atoms. The molecule has 0 amide bonds. The van der Waals surface area contributed by atoms with Gasteiger partial charge in [0.05, 0.1) is 0 Å². The molecule has 0 aliphatic carbocycles. The predicted molar refractivity (Wildman–Crippen MR) is 68.5 cm³/mol. The molecule has 0 radical (unpaired) electrons. The van der Waals surface area contributed by atoms with Crippen LogP contribution in [0.1, 0.15) is 47.0 Å². The zero-order valence-corrected chi connectivity index (χ0v) is 11.9. The van der Waals surface area contributed by atoms with E-state index in [0.29, 0.717) is 5.54 Å². The van der Waals surface area contributed by atoms with Gasteiger partial charge < -0.3 is 8.85 Å². The molecular formula is C12H26O2Si. The molecule has 0 N–H and O–H groups in total. The Balaban J connectivity index is 4.28. The van der Waals surface area contributed by atoms with E-state index in [-0.39, 0.29) is 0 Å². The summed E-state index contributed by atoms with van der Waals surface area (Å²) in [5, 5.41) is 0. The van der Waals surface area contributed by atoms with Gasteiger partial charge in [-0.15, -0.1) is 6.58 Å². The summed E-state index contributed by atoms with van der Waals surface area (Å²) < 4.78 is 11.5. The highest BCUT2D eigenvalue weighted by Gasteiger charge is 2.24. The summed E-state index contributed by atoms with van der Waals surface area (Å²) >= 11 is 0. The van der Waals surface area contributed by atoms with E-state index in [1.807, 2.05) is 13.8 Å². The van der Waals surface area contributed by atoms with Crippen LogP contribution in [-0.4, -0.2) is 22.5 Å². The van der Waals surface area contributed by atoms with E-state index in [0.717, 1.165) is 19.6 Å². The molecule has 0 bridgehead atoms. The van der Waals surface area contributed by atoms with E-state index in [1.165, 1.54) is 18.4 Å². The van der Waals surface area contributed by atoms with Crippen molar-refractivity contribution in [3.05, 3.63) is 12.2 Å². The highest BCUT2D eigenvalue weighted by Crippen LogP contribution is 2.26. The monoisotopic (exact) mass is 230 g/mol. The van der Waals surface area contributed by atoms with Gasteiger partial charge in [0.2, 0.25) is 0 Å². The Morgan fingerprint density at radius 2 is 1.73 bits per heavy atom. The number of allylic oxidation sites excluding steroid dienone is 1. The van der Waals surface area contributed by atoms with Gasteiger partial charge in [0.1, 0.15) is 0 Å². The summed E-state index contributed by atoms with van der Waals surface area (Å²) in [4.78, 5) is 0. The summed E-state index contributed by atoms with van der Waals surface area (Å²) in [5.74, 6) is 0. The van der Waals surface area contributed by atoms with Gasteiger partial charge in [-0.1, -0.05) is 18.9 Å². The van der Waals surface area contributed by atoms with Crippen LogP contribution in [0.5, 0.6) is 0 Å². The lowest BCUT2D eigenvalue weighted by molar-refractivity contribution is 0.201. The molecule has 0 saturated carbocycles. The quantitative estimate of drug-likeness (QED) is 0.446. The van der Waals surface area contributed by atoms with Crippen LogP contribution in [0, 0.1) is 0 Å². The first-order chi connectivity index (χ1) is 7.15. The fourth-order valence-electron chi connectivity index (χ4n) is 1.80. The van der Waals surface area contributed by atoms with Gasteiger partial charge in [-0.3, -0.25) is 0 Å². The number of hydrogen-bond donors (Lipinski definition) is 0. The van der Waals surface area contributed by atoms with Crippen molar-refractivity contribution in [1.29, 1.82) is 0 Å². The topological polar surface area (TPSA) is 18.5 Å². The van der Waals surface area contributed by atoms with Crippen molar-refractivity contribution in [3.8, 4) is 0 Å². The van der Waals surface area contributed by atoms with Crippen LogP contribution in [0.15, 0.2) is 12.2 Å². The highest BCUT2D eigenvalue weighted by atomic mass is 28.3. The van der Waals surface area contributed by atoms with Crippen molar-refractivity contribution in [2.45, 2.75) is 52.5 Å². The SMILES string of the molecule is C=C(C)CC(CCC)[SiH](OCC)OCC. The van der Waals surface area contributed by atoms with Crippen LogP contribution in [0.2, 0.25) is 5.54 Å². The molecule has 0 saturated heterocycles. The summed E-state index contributed by atoms with van der Waals surface area (Å²) in [6.45, 7) is 13.9. The Labute approximate surface area is 96.5 Å². The minimum absolute atomic E-state index is 0.590. The van der Waals surface area contributed by atoms with Crippen molar-refractivity contribution < 1.29 is 8.85 Å². The Hall–Kier alpha value is -0.123. The molecule has 2 nitrogen and oxygen atoms in total. The number of rotatable bonds is 9. The van der Waals surface area contributed by atoms with Crippen molar-refractivity contribution in [2.75, 3.05) is 13.2 Å². The van der Waals surface area contributed by atoms with E-state index >= 15 is 0 Å². The third kappa shape index (κ3) is 6.87. The highest BCUT2D eigenvalue weighted by molar-refractivity contribution is 6.46. The Morgan fingerprint density at radius 1 is 1.20 bits per heavy atom. The minimum atomic E-state index is -1.48. The van der Waals surface area contributed by atoms with Crippen molar-refractivity contribution in [3.63, 3.8) is 0 Å². The second-order valence-electron chi connectivity index (χ2n) is 3.99. The van der Waals surface area contributed by atoms with Crippen LogP contribution in [0.4, 0.5) is 0 Å². The maximum absolute atomic E-state index is 5.77. The predicted octanol–water partition coefficient (Wildman–Crippen LogP) is 3.42. The van der Waals surface area contributed by atoms with Crippen LogP contribution >= 0.6 is 0 Å². The second-order valence-corrected chi connectivity index (χ2v) is 6.34. The van der Waals surface area contributed by atoms with Crippen molar-refractivity contribution >= 4 is 9.28 Å². The molecule has 0 aromatic heterocycles. The molecule has 90 valence electrons. The molecule has 0 aromatic rings. The molecule has 0 aliphatic heterocycles. The average molecular weight is 230 g/mol. The van der Waals surface area contributed by atoms with Gasteiger partial charge >= 0.3 is 9.28 Å². The maximum atomic E-state index is 5.77. The molecule has 0 heterocycles. The molecule has 1 atom stereocenters. The van der Waals surface area contributed by atoms with Gasteiger partial charge in [-0.05, 0) is 33.6 Å². The smallest absolute Gasteiger partial charge is 0.324 e. The fourth-order valence-corrected chi connectivity index (χ4v) is 4.30. The molecule has 1 unspecified atom stereocenters. The van der Waals surface area contributed by atoms with Gasteiger partial charge in [-0.25, -0.2) is 0 Å². The van der Waals surface area contributed by atoms with Gasteiger partial charge in [0, 0.05) is 18.8 Å². The zero-order valence-electron chi connectivity index (χ0n) is 10.7. The largest absolute Gasteiger partial charge is 0.397 e. The van der Waals surface area contributed by atoms with Gasteiger partial charge in [-0.2, -0.15) is 0 Å². The van der Waals surface area contributed by atoms with Gasteiger partial charge in [0.25, 0.3) is 0 Å². The molecule has 0 aliphatic rings. The summed E-state index contributed by atoms with van der Waals surface area (Å²) in [6, 6.07) is 0. The lowest BCUT2D eigenvalue weighted by Gasteiger charge is -2.24. The molecule has 0 aromatic carbocycles. The molecular weight excluding hydrogens is 204 g/mol. The average Bonchev–Trinajstić information content (AvgIpc) is 2.16. The first-order valence-electron chi connectivity index (χ1n) is 6.03. The third-order valence-electron chi connectivity index (χ3n) is 2.32. The summed E-state index contributed by atoms with van der Waals surface area (Å²) in [6.07, 6.45) is 3.45. The van der Waals surface area contributed by atoms with E-state index in [2.05, 4.69) is 20.4 Å². The number of hydrogen-bond acceptors (Lipinski definition) is 2. The van der Waals surface area contributed by atoms with Gasteiger partial charge in [0.15, 0.2) is 0 Å². The van der Waals surface area contributed by atoms with Crippen molar-refractivity contribution in [1.82, 2.24) is 0 Å². The first kappa shape index (κ1) is 14.9. The first-order valence-corrected chi connectivity index (χ1v) is 7.64. The van der Waals surface area contributed by atoms with Crippen LogP contribution in [0.3, 0.4) is 0 Å².